The Balaban J connectivity index is 1.80. The maximum atomic E-state index is 11.2. The van der Waals surface area contributed by atoms with Crippen LogP contribution in [0.4, 0.5) is 5.69 Å². The molecule has 1 aliphatic carbocycles. The zero-order chi connectivity index (χ0) is 10.5. The molecule has 79 valence electrons. The van der Waals surface area contributed by atoms with E-state index in [9.17, 15) is 4.79 Å². The minimum Gasteiger partial charge on any atom is -0.385 e. The number of carbonyl (C=O) groups is 1. The summed E-state index contributed by atoms with van der Waals surface area (Å²) in [4.78, 5) is 11.2. The Morgan fingerprint density at radius 2 is 2.07 bits per heavy atom. The van der Waals surface area contributed by atoms with Crippen LogP contribution in [0.25, 0.3) is 0 Å². The molecule has 2 heteroatoms. The van der Waals surface area contributed by atoms with Crippen LogP contribution in [-0.2, 0) is 4.79 Å². The smallest absolute Gasteiger partial charge is 0.137 e. The van der Waals surface area contributed by atoms with Gasteiger partial charge in [0, 0.05) is 25.1 Å². The second kappa shape index (κ2) is 4.96. The molecule has 0 saturated heterocycles. The molecule has 2 nitrogen and oxygen atoms in total. The monoisotopic (exact) mass is 202 g/mol. The van der Waals surface area contributed by atoms with Gasteiger partial charge in [0.15, 0.2) is 0 Å². The molecule has 1 saturated carbocycles. The minimum atomic E-state index is 0.307. The Hall–Kier alpha value is -1.31. The van der Waals surface area contributed by atoms with E-state index >= 15 is 0 Å². The Kier molecular flexibility index (Phi) is 3.38. The first-order valence-corrected chi connectivity index (χ1v) is 5.51. The van der Waals surface area contributed by atoms with Crippen LogP contribution in [0.5, 0.6) is 0 Å². The van der Waals surface area contributed by atoms with Crippen LogP contribution < -0.4 is 5.32 Å². The van der Waals surface area contributed by atoms with Crippen molar-refractivity contribution >= 4 is 11.5 Å². The zero-order valence-corrected chi connectivity index (χ0v) is 8.78. The first kappa shape index (κ1) is 10.2. The summed E-state index contributed by atoms with van der Waals surface area (Å²) in [6, 6.07) is 10.1. The molecular formula is C13H16NO. The third-order valence-electron chi connectivity index (χ3n) is 2.76. The van der Waals surface area contributed by atoms with Gasteiger partial charge in [-0.25, -0.2) is 0 Å². The Morgan fingerprint density at radius 1 is 1.27 bits per heavy atom. The van der Waals surface area contributed by atoms with E-state index in [-0.39, 0.29) is 0 Å². The number of nitrogens with one attached hydrogen (secondary N) is 1. The molecule has 1 fully saturated rings. The van der Waals surface area contributed by atoms with Crippen LogP contribution in [0.15, 0.2) is 30.3 Å². The number of benzene rings is 1. The quantitative estimate of drug-likeness (QED) is 0.816. The fourth-order valence-electron chi connectivity index (χ4n) is 1.93. The lowest BCUT2D eigenvalue weighted by molar-refractivity contribution is -0.117. The Labute approximate surface area is 90.7 Å². The van der Waals surface area contributed by atoms with Gasteiger partial charge in [0.25, 0.3) is 0 Å². The number of anilines is 1. The van der Waals surface area contributed by atoms with Crippen molar-refractivity contribution in [3.05, 3.63) is 36.8 Å². The maximum Gasteiger partial charge on any atom is 0.137 e. The summed E-state index contributed by atoms with van der Waals surface area (Å²) in [6.07, 6.45) is 4.78. The number of para-hydroxylation sites is 1. The van der Waals surface area contributed by atoms with Gasteiger partial charge in [-0.2, -0.15) is 0 Å². The summed E-state index contributed by atoms with van der Waals surface area (Å²) in [7, 11) is 0. The second-order valence-electron chi connectivity index (χ2n) is 4.03. The van der Waals surface area contributed by atoms with Crippen LogP contribution in [0.2, 0.25) is 0 Å². The highest BCUT2D eigenvalue weighted by atomic mass is 16.1. The summed E-state index contributed by atoms with van der Waals surface area (Å²) >= 11 is 0. The van der Waals surface area contributed by atoms with Gasteiger partial charge >= 0.3 is 0 Å². The van der Waals surface area contributed by atoms with E-state index < -0.39 is 0 Å². The summed E-state index contributed by atoms with van der Waals surface area (Å²) in [6.45, 7) is 0.871. The van der Waals surface area contributed by atoms with Crippen molar-refractivity contribution in [1.82, 2.24) is 0 Å². The molecule has 0 aromatic heterocycles. The summed E-state index contributed by atoms with van der Waals surface area (Å²) in [5.41, 5.74) is 1.13. The van der Waals surface area contributed by atoms with Crippen molar-refractivity contribution < 1.29 is 4.79 Å². The van der Waals surface area contributed by atoms with Gasteiger partial charge in [-0.05, 0) is 30.9 Å². The molecule has 1 unspecified atom stereocenters. The van der Waals surface area contributed by atoms with Gasteiger partial charge in [0.2, 0.25) is 0 Å². The lowest BCUT2D eigenvalue weighted by atomic mass is 9.88. The number of hydrogen-bond donors (Lipinski definition) is 1. The molecule has 0 spiro atoms. The molecule has 1 atom stereocenters. The van der Waals surface area contributed by atoms with Crippen molar-refractivity contribution in [3.8, 4) is 0 Å². The topological polar surface area (TPSA) is 29.1 Å². The van der Waals surface area contributed by atoms with E-state index in [1.165, 1.54) is 0 Å². The average molecular weight is 202 g/mol. The fourth-order valence-corrected chi connectivity index (χ4v) is 1.93. The van der Waals surface area contributed by atoms with E-state index in [4.69, 9.17) is 0 Å². The highest BCUT2D eigenvalue weighted by Crippen LogP contribution is 2.20. The van der Waals surface area contributed by atoms with Crippen LogP contribution in [0.3, 0.4) is 0 Å². The van der Waals surface area contributed by atoms with Gasteiger partial charge in [0.1, 0.15) is 5.78 Å². The number of ketones is 1. The van der Waals surface area contributed by atoms with E-state index in [0.717, 1.165) is 31.5 Å². The normalized spacial score (nSPS) is 21.3. The standard InChI is InChI=1S/C13H16NO/c15-13-8-4-5-11(9-13)10-14-12-6-2-1-3-7-12/h1-3,6-7,9,11,14H,4-5,8,10H2. The maximum absolute atomic E-state index is 11.2. The van der Waals surface area contributed by atoms with Crippen molar-refractivity contribution in [1.29, 1.82) is 0 Å². The number of hydrogen-bond acceptors (Lipinski definition) is 2. The fraction of sp³-hybridized carbons (Fsp3) is 0.385. The average Bonchev–Trinajstić information content (AvgIpc) is 2.28. The molecule has 0 amide bonds. The molecule has 15 heavy (non-hydrogen) atoms. The van der Waals surface area contributed by atoms with Crippen molar-refractivity contribution in [2.24, 2.45) is 5.92 Å². The lowest BCUT2D eigenvalue weighted by Crippen LogP contribution is -2.22. The van der Waals surface area contributed by atoms with Gasteiger partial charge in [-0.3, -0.25) is 4.79 Å². The summed E-state index contributed by atoms with van der Waals surface area (Å²) in [5, 5.41) is 3.35. The Bertz CT molecular complexity index is 321. The predicted octanol–water partition coefficient (Wildman–Crippen LogP) is 2.67. The SMILES string of the molecule is O=C1[CH]C(CNc2ccccc2)CCC1. The predicted molar refractivity (Wildman–Crippen MR) is 61.6 cm³/mol. The summed E-state index contributed by atoms with van der Waals surface area (Å²) < 4.78 is 0. The lowest BCUT2D eigenvalue weighted by Gasteiger charge is -2.21. The van der Waals surface area contributed by atoms with Gasteiger partial charge in [-0.1, -0.05) is 18.2 Å². The molecule has 1 N–H and O–H groups in total. The van der Waals surface area contributed by atoms with E-state index in [0.29, 0.717) is 11.7 Å². The number of carbonyl (C=O) groups excluding carboxylic acids is 1. The van der Waals surface area contributed by atoms with Crippen LogP contribution in [-0.4, -0.2) is 12.3 Å². The number of rotatable bonds is 3. The van der Waals surface area contributed by atoms with Crippen LogP contribution in [0, 0.1) is 12.3 Å². The molecule has 0 bridgehead atoms. The molecular weight excluding hydrogens is 186 g/mol. The third kappa shape index (κ3) is 3.08. The van der Waals surface area contributed by atoms with Crippen molar-refractivity contribution in [3.63, 3.8) is 0 Å². The van der Waals surface area contributed by atoms with Gasteiger partial charge < -0.3 is 5.32 Å². The molecule has 1 aliphatic rings. The highest BCUT2D eigenvalue weighted by Gasteiger charge is 2.19. The summed E-state index contributed by atoms with van der Waals surface area (Å²) in [5.74, 6) is 0.715. The number of Topliss-reactive ketones (excluding diaryl/α,β-unsaturated/α-hetero) is 1. The largest absolute Gasteiger partial charge is 0.385 e. The van der Waals surface area contributed by atoms with Crippen molar-refractivity contribution in [2.75, 3.05) is 11.9 Å². The van der Waals surface area contributed by atoms with E-state index in [2.05, 4.69) is 5.32 Å². The first-order valence-electron chi connectivity index (χ1n) is 5.51. The zero-order valence-electron chi connectivity index (χ0n) is 8.78. The third-order valence-corrected chi connectivity index (χ3v) is 2.76. The highest BCUT2D eigenvalue weighted by molar-refractivity contribution is 5.87. The minimum absolute atomic E-state index is 0.307. The van der Waals surface area contributed by atoms with Gasteiger partial charge in [-0.15, -0.1) is 0 Å². The van der Waals surface area contributed by atoms with E-state index in [1.807, 2.05) is 36.8 Å². The van der Waals surface area contributed by atoms with Gasteiger partial charge in [0.05, 0.1) is 0 Å². The molecule has 1 aromatic rings. The van der Waals surface area contributed by atoms with Crippen LogP contribution >= 0.6 is 0 Å². The molecule has 2 rings (SSSR count). The van der Waals surface area contributed by atoms with Crippen LogP contribution in [0.1, 0.15) is 19.3 Å². The second-order valence-corrected chi connectivity index (χ2v) is 4.03. The first-order chi connectivity index (χ1) is 7.34. The molecule has 0 aliphatic heterocycles. The van der Waals surface area contributed by atoms with Crippen molar-refractivity contribution in [2.45, 2.75) is 19.3 Å². The molecule has 1 aromatic carbocycles. The Morgan fingerprint density at radius 3 is 2.80 bits per heavy atom. The molecule has 1 radical (unpaired) electrons. The van der Waals surface area contributed by atoms with E-state index in [1.54, 1.807) is 0 Å². The molecule has 0 heterocycles.